The van der Waals surface area contributed by atoms with Crippen molar-refractivity contribution in [3.05, 3.63) is 93.8 Å². The number of carboxylic acids is 1. The second kappa shape index (κ2) is 9.84. The number of furan rings is 1. The van der Waals surface area contributed by atoms with Crippen LogP contribution in [0.1, 0.15) is 28.6 Å². The van der Waals surface area contributed by atoms with E-state index in [-0.39, 0.29) is 23.5 Å². The van der Waals surface area contributed by atoms with Gasteiger partial charge in [-0.25, -0.2) is 14.6 Å². The Morgan fingerprint density at radius 1 is 1.06 bits per heavy atom. The Kier molecular flexibility index (Phi) is 6.70. The number of thioether (sulfide) groups is 1. The zero-order valence-electron chi connectivity index (χ0n) is 18.4. The number of carbonyl (C=O) groups excluding carboxylic acids is 1. The Hall–Kier alpha value is -4.04. The van der Waals surface area contributed by atoms with Crippen LogP contribution in [0.2, 0.25) is 0 Å². The number of aromatic carboxylic acids is 1. The molecule has 8 heteroatoms. The molecular weight excluding hydrogens is 454 g/mol. The van der Waals surface area contributed by atoms with Crippen LogP contribution in [-0.4, -0.2) is 33.8 Å². The number of hydrogen-bond acceptors (Lipinski definition) is 7. The fraction of sp³-hybridized carbons (Fsp3) is 0.115. The van der Waals surface area contributed by atoms with E-state index in [0.29, 0.717) is 32.7 Å². The number of hydrogen-bond donors (Lipinski definition) is 2. The van der Waals surface area contributed by atoms with E-state index in [2.05, 4.69) is 4.99 Å². The number of esters is 1. The molecule has 0 unspecified atom stereocenters. The summed E-state index contributed by atoms with van der Waals surface area (Å²) in [6.45, 7) is 3.83. The molecule has 2 heterocycles. The van der Waals surface area contributed by atoms with Crippen molar-refractivity contribution in [1.29, 1.82) is 0 Å². The van der Waals surface area contributed by atoms with Crippen molar-refractivity contribution in [2.45, 2.75) is 13.8 Å². The van der Waals surface area contributed by atoms with E-state index in [1.54, 1.807) is 37.3 Å². The maximum Gasteiger partial charge on any atom is 0.344 e. The van der Waals surface area contributed by atoms with Gasteiger partial charge in [0.05, 0.1) is 22.8 Å². The Bertz CT molecular complexity index is 1330. The van der Waals surface area contributed by atoms with E-state index in [1.807, 2.05) is 31.2 Å². The van der Waals surface area contributed by atoms with Gasteiger partial charge in [-0.1, -0.05) is 41.6 Å². The molecule has 4 rings (SSSR count). The third-order valence-electron chi connectivity index (χ3n) is 4.95. The van der Waals surface area contributed by atoms with Crippen LogP contribution in [0.15, 0.2) is 86.3 Å². The summed E-state index contributed by atoms with van der Waals surface area (Å²) >= 11 is 1.15. The van der Waals surface area contributed by atoms with Crippen molar-refractivity contribution in [2.24, 2.45) is 4.99 Å². The van der Waals surface area contributed by atoms with Gasteiger partial charge in [0.1, 0.15) is 27.9 Å². The molecule has 1 aromatic heterocycles. The molecule has 0 fully saturated rings. The van der Waals surface area contributed by atoms with Crippen molar-refractivity contribution in [3.63, 3.8) is 0 Å². The summed E-state index contributed by atoms with van der Waals surface area (Å²) in [6.07, 6.45) is 1.62. The first kappa shape index (κ1) is 23.1. The van der Waals surface area contributed by atoms with E-state index in [4.69, 9.17) is 14.3 Å². The number of benzene rings is 2. The summed E-state index contributed by atoms with van der Waals surface area (Å²) in [6, 6.07) is 17.3. The summed E-state index contributed by atoms with van der Waals surface area (Å²) in [5, 5.41) is 20.2. The lowest BCUT2D eigenvalue weighted by molar-refractivity contribution is -0.138. The van der Waals surface area contributed by atoms with Crippen LogP contribution in [-0.2, 0) is 9.53 Å². The fourth-order valence-corrected chi connectivity index (χ4v) is 4.24. The normalized spacial score (nSPS) is 15.8. The van der Waals surface area contributed by atoms with Crippen molar-refractivity contribution in [3.8, 4) is 11.3 Å². The van der Waals surface area contributed by atoms with Gasteiger partial charge in [0.15, 0.2) is 0 Å². The molecule has 0 radical (unpaired) electrons. The van der Waals surface area contributed by atoms with Gasteiger partial charge < -0.3 is 19.4 Å². The average Bonchev–Trinajstić information content (AvgIpc) is 3.40. The molecule has 2 aromatic carbocycles. The van der Waals surface area contributed by atoms with Gasteiger partial charge in [0, 0.05) is 5.56 Å². The number of aryl methyl sites for hydroxylation is 1. The highest BCUT2D eigenvalue weighted by Crippen LogP contribution is 2.40. The van der Waals surface area contributed by atoms with Crippen LogP contribution in [0.25, 0.3) is 17.4 Å². The summed E-state index contributed by atoms with van der Waals surface area (Å²) in [4.78, 5) is 28.5. The number of aliphatic imine (C=N–C) groups is 1. The molecule has 7 nitrogen and oxygen atoms in total. The van der Waals surface area contributed by atoms with Crippen molar-refractivity contribution in [2.75, 3.05) is 6.61 Å². The van der Waals surface area contributed by atoms with Gasteiger partial charge in [0.2, 0.25) is 0 Å². The molecule has 2 N–H and O–H groups in total. The Morgan fingerprint density at radius 2 is 1.76 bits per heavy atom. The standard InChI is InChI=1S/C26H21NO6S/c1-3-32-26(31)22-23(28)21(34-24(22)27-18-10-4-15(2)5-11-18)14-19-12-13-20(33-19)16-6-8-17(9-7-16)25(29)30/h4-14,28H,3H2,1-2H3,(H,29,30)/b21-14-,27-24?. The Balaban J connectivity index is 1.66. The van der Waals surface area contributed by atoms with E-state index in [0.717, 1.165) is 17.3 Å². The zero-order chi connectivity index (χ0) is 24.2. The van der Waals surface area contributed by atoms with Gasteiger partial charge in [0.25, 0.3) is 0 Å². The quantitative estimate of drug-likeness (QED) is 0.412. The molecule has 0 bridgehead atoms. The van der Waals surface area contributed by atoms with Gasteiger partial charge in [-0.2, -0.15) is 0 Å². The number of ether oxygens (including phenoxy) is 1. The molecule has 0 spiro atoms. The maximum atomic E-state index is 12.5. The van der Waals surface area contributed by atoms with Gasteiger partial charge >= 0.3 is 11.9 Å². The predicted octanol–water partition coefficient (Wildman–Crippen LogP) is 6.15. The van der Waals surface area contributed by atoms with E-state index in [9.17, 15) is 14.7 Å². The summed E-state index contributed by atoms with van der Waals surface area (Å²) in [5.74, 6) is -0.892. The molecule has 0 aliphatic carbocycles. The highest BCUT2D eigenvalue weighted by atomic mass is 32.2. The number of aliphatic hydroxyl groups is 1. The lowest BCUT2D eigenvalue weighted by Gasteiger charge is -2.04. The summed E-state index contributed by atoms with van der Waals surface area (Å²) in [5.41, 5.74) is 2.63. The van der Waals surface area contributed by atoms with Gasteiger partial charge in [-0.05, 0) is 56.3 Å². The van der Waals surface area contributed by atoms with Gasteiger partial charge in [-0.3, -0.25) is 0 Å². The molecule has 0 saturated heterocycles. The second-order valence-corrected chi connectivity index (χ2v) is 8.42. The van der Waals surface area contributed by atoms with Crippen molar-refractivity contribution < 1.29 is 29.0 Å². The van der Waals surface area contributed by atoms with Gasteiger partial charge in [-0.15, -0.1) is 0 Å². The average molecular weight is 476 g/mol. The van der Waals surface area contributed by atoms with E-state index >= 15 is 0 Å². The fourth-order valence-electron chi connectivity index (χ4n) is 3.22. The largest absolute Gasteiger partial charge is 0.506 e. The highest BCUT2D eigenvalue weighted by Gasteiger charge is 2.33. The first-order chi connectivity index (χ1) is 16.4. The molecule has 172 valence electrons. The van der Waals surface area contributed by atoms with Crippen LogP contribution >= 0.6 is 11.8 Å². The number of carboxylic acid groups (broad SMARTS) is 1. The molecule has 0 amide bonds. The number of nitrogens with zero attached hydrogens (tertiary/aromatic N) is 1. The minimum Gasteiger partial charge on any atom is -0.506 e. The minimum atomic E-state index is -1.00. The maximum absolute atomic E-state index is 12.5. The topological polar surface area (TPSA) is 109 Å². The third kappa shape index (κ3) is 4.97. The first-order valence-corrected chi connectivity index (χ1v) is 11.3. The van der Waals surface area contributed by atoms with Crippen LogP contribution < -0.4 is 0 Å². The third-order valence-corrected chi connectivity index (χ3v) is 5.97. The molecule has 1 aliphatic rings. The smallest absolute Gasteiger partial charge is 0.344 e. The molecule has 34 heavy (non-hydrogen) atoms. The van der Waals surface area contributed by atoms with Crippen LogP contribution in [0.4, 0.5) is 5.69 Å². The minimum absolute atomic E-state index is 0.00899. The molecule has 0 atom stereocenters. The lowest BCUT2D eigenvalue weighted by atomic mass is 10.1. The number of carbonyl (C=O) groups is 2. The van der Waals surface area contributed by atoms with E-state index in [1.165, 1.54) is 12.1 Å². The van der Waals surface area contributed by atoms with Crippen molar-refractivity contribution >= 4 is 40.5 Å². The summed E-state index contributed by atoms with van der Waals surface area (Å²) in [7, 11) is 0. The lowest BCUT2D eigenvalue weighted by Crippen LogP contribution is -2.12. The SMILES string of the molecule is CCOC(=O)C1=C(O)/C(=C/c2ccc(-c3ccc(C(=O)O)cc3)o2)SC1=Nc1ccc(C)cc1. The summed E-state index contributed by atoms with van der Waals surface area (Å²) < 4.78 is 11.0. The number of aliphatic hydroxyl groups excluding tert-OH is 1. The Morgan fingerprint density at radius 3 is 2.41 bits per heavy atom. The Labute approximate surface area is 200 Å². The monoisotopic (exact) mass is 475 g/mol. The molecule has 0 saturated carbocycles. The highest BCUT2D eigenvalue weighted by molar-refractivity contribution is 8.18. The second-order valence-electron chi connectivity index (χ2n) is 7.39. The molecule has 3 aromatic rings. The number of rotatable bonds is 6. The molecule has 1 aliphatic heterocycles. The van der Waals surface area contributed by atoms with E-state index < -0.39 is 11.9 Å². The van der Waals surface area contributed by atoms with Crippen LogP contribution in [0.3, 0.4) is 0 Å². The molecular formula is C26H21NO6S. The van der Waals surface area contributed by atoms with Crippen molar-refractivity contribution in [1.82, 2.24) is 0 Å². The van der Waals surface area contributed by atoms with Crippen LogP contribution in [0, 0.1) is 6.92 Å². The van der Waals surface area contributed by atoms with Crippen LogP contribution in [0.5, 0.6) is 0 Å². The zero-order valence-corrected chi connectivity index (χ0v) is 19.3. The predicted molar refractivity (Wildman–Crippen MR) is 131 cm³/mol. The first-order valence-electron chi connectivity index (χ1n) is 10.4.